The van der Waals surface area contributed by atoms with Gasteiger partial charge in [0.05, 0.1) is 12.2 Å². The van der Waals surface area contributed by atoms with Crippen molar-refractivity contribution >= 4 is 0 Å². The van der Waals surface area contributed by atoms with Gasteiger partial charge in [0.25, 0.3) is 0 Å². The van der Waals surface area contributed by atoms with Crippen molar-refractivity contribution in [2.24, 2.45) is 10.8 Å². The summed E-state index contributed by atoms with van der Waals surface area (Å²) < 4.78 is 0. The number of aliphatic hydroxyl groups is 2. The van der Waals surface area contributed by atoms with Gasteiger partial charge in [0, 0.05) is 5.41 Å². The van der Waals surface area contributed by atoms with Gasteiger partial charge in [-0.1, -0.05) is 27.7 Å². The summed E-state index contributed by atoms with van der Waals surface area (Å²) in [6.45, 7) is 8.66. The van der Waals surface area contributed by atoms with Gasteiger partial charge in [-0.05, 0) is 37.5 Å². The molecule has 2 N–H and O–H groups in total. The minimum atomic E-state index is -0.658. The summed E-state index contributed by atoms with van der Waals surface area (Å²) in [6, 6.07) is 0. The van der Waals surface area contributed by atoms with E-state index in [1.807, 2.05) is 0 Å². The Kier molecular flexibility index (Phi) is 3.52. The summed E-state index contributed by atoms with van der Waals surface area (Å²) >= 11 is 0. The van der Waals surface area contributed by atoms with Crippen LogP contribution in [0.15, 0.2) is 0 Å². The highest BCUT2D eigenvalue weighted by molar-refractivity contribution is 5.04. The molecule has 1 saturated carbocycles. The van der Waals surface area contributed by atoms with Crippen molar-refractivity contribution in [1.29, 1.82) is 0 Å². The molecule has 1 unspecified atom stereocenters. The third-order valence-corrected chi connectivity index (χ3v) is 4.63. The van der Waals surface area contributed by atoms with Crippen molar-refractivity contribution in [3.8, 4) is 0 Å². The van der Waals surface area contributed by atoms with Gasteiger partial charge < -0.3 is 10.2 Å². The molecule has 0 aromatic carbocycles. The van der Waals surface area contributed by atoms with Gasteiger partial charge in [-0.3, -0.25) is 0 Å². The molecular weight excluding hydrogens is 188 g/mol. The number of hydrogen-bond acceptors (Lipinski definition) is 2. The van der Waals surface area contributed by atoms with Crippen LogP contribution in [0, 0.1) is 10.8 Å². The average Bonchev–Trinajstić information content (AvgIpc) is 2.46. The van der Waals surface area contributed by atoms with Gasteiger partial charge in [0.2, 0.25) is 0 Å². The van der Waals surface area contributed by atoms with E-state index in [2.05, 4.69) is 27.7 Å². The Bertz CT molecular complexity index is 210. The smallest absolute Gasteiger partial charge is 0.0730 e. The number of aliphatic hydroxyl groups excluding tert-OH is 1. The fourth-order valence-electron chi connectivity index (χ4n) is 3.25. The Hall–Kier alpha value is -0.0800. The molecule has 1 atom stereocenters. The topological polar surface area (TPSA) is 40.5 Å². The van der Waals surface area contributed by atoms with E-state index < -0.39 is 5.60 Å². The molecule has 1 aliphatic rings. The molecule has 0 bridgehead atoms. The third kappa shape index (κ3) is 2.07. The lowest BCUT2D eigenvalue weighted by molar-refractivity contribution is -0.115. The van der Waals surface area contributed by atoms with Crippen molar-refractivity contribution in [3.05, 3.63) is 0 Å². The zero-order valence-electron chi connectivity index (χ0n) is 10.6. The van der Waals surface area contributed by atoms with Crippen LogP contribution in [0.5, 0.6) is 0 Å². The zero-order valence-corrected chi connectivity index (χ0v) is 10.6. The predicted octanol–water partition coefficient (Wildman–Crippen LogP) is 2.73. The monoisotopic (exact) mass is 214 g/mol. The number of hydrogen-bond donors (Lipinski definition) is 2. The van der Waals surface area contributed by atoms with Gasteiger partial charge in [-0.15, -0.1) is 0 Å². The predicted molar refractivity (Wildman–Crippen MR) is 62.7 cm³/mol. The van der Waals surface area contributed by atoms with Crippen LogP contribution in [0.3, 0.4) is 0 Å². The van der Waals surface area contributed by atoms with E-state index >= 15 is 0 Å². The summed E-state index contributed by atoms with van der Waals surface area (Å²) in [4.78, 5) is 0. The SMILES string of the molecule is CCC(CC)(CO)C1(O)CCC(C)(C)C1. The van der Waals surface area contributed by atoms with Gasteiger partial charge in [0.15, 0.2) is 0 Å². The van der Waals surface area contributed by atoms with Crippen molar-refractivity contribution in [2.75, 3.05) is 6.61 Å². The summed E-state index contributed by atoms with van der Waals surface area (Å²) in [5, 5.41) is 20.4. The maximum Gasteiger partial charge on any atom is 0.0730 e. The van der Waals surface area contributed by atoms with Crippen LogP contribution in [0.4, 0.5) is 0 Å². The molecule has 0 aromatic heterocycles. The second-order valence-corrected chi connectivity index (χ2v) is 6.02. The maximum atomic E-state index is 10.8. The first-order chi connectivity index (χ1) is 6.85. The van der Waals surface area contributed by atoms with E-state index in [1.54, 1.807) is 0 Å². The van der Waals surface area contributed by atoms with E-state index in [9.17, 15) is 10.2 Å². The van der Waals surface area contributed by atoms with Gasteiger partial charge >= 0.3 is 0 Å². The first-order valence-electron chi connectivity index (χ1n) is 6.18. The van der Waals surface area contributed by atoms with Gasteiger partial charge in [-0.25, -0.2) is 0 Å². The van der Waals surface area contributed by atoms with Crippen LogP contribution in [0.2, 0.25) is 0 Å². The molecule has 0 spiro atoms. The van der Waals surface area contributed by atoms with E-state index in [0.717, 1.165) is 32.1 Å². The molecule has 0 radical (unpaired) electrons. The Morgan fingerprint density at radius 1 is 1.13 bits per heavy atom. The molecule has 2 nitrogen and oxygen atoms in total. The van der Waals surface area contributed by atoms with Gasteiger partial charge in [-0.2, -0.15) is 0 Å². The fraction of sp³-hybridized carbons (Fsp3) is 1.00. The molecule has 90 valence electrons. The maximum absolute atomic E-state index is 10.8. The van der Waals surface area contributed by atoms with Gasteiger partial charge in [0.1, 0.15) is 0 Å². The lowest BCUT2D eigenvalue weighted by atomic mass is 9.66. The molecule has 0 aromatic rings. The van der Waals surface area contributed by atoms with E-state index in [-0.39, 0.29) is 17.4 Å². The van der Waals surface area contributed by atoms with Crippen LogP contribution in [0.1, 0.15) is 59.8 Å². The van der Waals surface area contributed by atoms with E-state index in [0.29, 0.717) is 0 Å². The summed E-state index contributed by atoms with van der Waals surface area (Å²) in [5.74, 6) is 0. The summed E-state index contributed by atoms with van der Waals surface area (Å²) in [7, 11) is 0. The lowest BCUT2D eigenvalue weighted by Crippen LogP contribution is -2.48. The van der Waals surface area contributed by atoms with Crippen LogP contribution < -0.4 is 0 Å². The first kappa shape index (κ1) is 13.0. The van der Waals surface area contributed by atoms with E-state index in [1.165, 1.54) is 0 Å². The third-order valence-electron chi connectivity index (χ3n) is 4.63. The van der Waals surface area contributed by atoms with Crippen molar-refractivity contribution in [3.63, 3.8) is 0 Å². The van der Waals surface area contributed by atoms with Crippen molar-refractivity contribution in [1.82, 2.24) is 0 Å². The Balaban J connectivity index is 2.94. The fourth-order valence-corrected chi connectivity index (χ4v) is 3.25. The molecule has 15 heavy (non-hydrogen) atoms. The minimum Gasteiger partial charge on any atom is -0.396 e. The lowest BCUT2D eigenvalue weighted by Gasteiger charge is -2.44. The van der Waals surface area contributed by atoms with Crippen LogP contribution >= 0.6 is 0 Å². The molecule has 0 aliphatic heterocycles. The highest BCUT2D eigenvalue weighted by Gasteiger charge is 2.53. The second kappa shape index (κ2) is 4.06. The largest absolute Gasteiger partial charge is 0.396 e. The normalized spacial score (nSPS) is 30.8. The Morgan fingerprint density at radius 2 is 1.67 bits per heavy atom. The van der Waals surface area contributed by atoms with Crippen molar-refractivity contribution in [2.45, 2.75) is 65.4 Å². The average molecular weight is 214 g/mol. The quantitative estimate of drug-likeness (QED) is 0.755. The molecule has 1 aliphatic carbocycles. The molecular formula is C13H26O2. The highest BCUT2D eigenvalue weighted by Crippen LogP contribution is 2.54. The number of rotatable bonds is 4. The molecule has 2 heteroatoms. The molecule has 0 amide bonds. The molecule has 1 rings (SSSR count). The van der Waals surface area contributed by atoms with Crippen LogP contribution in [-0.4, -0.2) is 22.4 Å². The first-order valence-corrected chi connectivity index (χ1v) is 6.18. The minimum absolute atomic E-state index is 0.104. The summed E-state index contributed by atoms with van der Waals surface area (Å²) in [6.07, 6.45) is 4.43. The second-order valence-electron chi connectivity index (χ2n) is 6.02. The molecule has 0 saturated heterocycles. The van der Waals surface area contributed by atoms with Crippen LogP contribution in [0.25, 0.3) is 0 Å². The van der Waals surface area contributed by atoms with Crippen LogP contribution in [-0.2, 0) is 0 Å². The van der Waals surface area contributed by atoms with Crippen molar-refractivity contribution < 1.29 is 10.2 Å². The zero-order chi connectivity index (χ0) is 11.7. The molecule has 0 heterocycles. The molecule has 1 fully saturated rings. The van der Waals surface area contributed by atoms with E-state index in [4.69, 9.17) is 0 Å². The highest BCUT2D eigenvalue weighted by atomic mass is 16.3. The Morgan fingerprint density at radius 3 is 1.93 bits per heavy atom. The Labute approximate surface area is 93.7 Å². The summed E-state index contributed by atoms with van der Waals surface area (Å²) in [5.41, 5.74) is -0.727. The standard InChI is InChI=1S/C13H26O2/c1-5-12(6-2,10-14)13(15)8-7-11(3,4)9-13/h14-15H,5-10H2,1-4H3.